The van der Waals surface area contributed by atoms with Gasteiger partial charge in [0.1, 0.15) is 0 Å². The van der Waals surface area contributed by atoms with Gasteiger partial charge in [-0.15, -0.1) is 0 Å². The van der Waals surface area contributed by atoms with E-state index in [1.807, 2.05) is 52.0 Å². The molecule has 0 heterocycles. The molecule has 5 heteroatoms. The number of benzene rings is 1. The molecule has 5 nitrogen and oxygen atoms in total. The number of carbonyl (C=O) groups excluding carboxylic acids is 2. The number of aryl methyl sites for hydroxylation is 1. The Kier molecular flexibility index (Phi) is 6.35. The maximum absolute atomic E-state index is 11.9. The minimum absolute atomic E-state index is 0.0131. The van der Waals surface area contributed by atoms with Crippen LogP contribution in [0.4, 0.5) is 0 Å². The lowest BCUT2D eigenvalue weighted by Crippen LogP contribution is -2.21. The zero-order valence-electron chi connectivity index (χ0n) is 15.1. The van der Waals surface area contributed by atoms with E-state index in [1.54, 1.807) is 6.08 Å². The summed E-state index contributed by atoms with van der Waals surface area (Å²) in [5.74, 6) is -1.65. The molecule has 0 fully saturated rings. The Labute approximate surface area is 143 Å². The Bertz CT molecular complexity index is 658. The molecule has 2 N–H and O–H groups in total. The average Bonchev–Trinajstić information content (AvgIpc) is 2.52. The molecule has 0 atom stereocenters. The van der Waals surface area contributed by atoms with Crippen LogP contribution in [0.25, 0.3) is 5.57 Å². The number of ether oxygens (including phenoxy) is 2. The molecule has 0 amide bonds. The Morgan fingerprint density at radius 2 is 1.46 bits per heavy atom. The minimum atomic E-state index is -0.826. The smallest absolute Gasteiger partial charge is 0.347 e. The zero-order valence-corrected chi connectivity index (χ0v) is 15.1. The van der Waals surface area contributed by atoms with E-state index in [4.69, 9.17) is 5.73 Å². The van der Waals surface area contributed by atoms with E-state index in [2.05, 4.69) is 9.47 Å². The van der Waals surface area contributed by atoms with Gasteiger partial charge in [-0.2, -0.15) is 0 Å². The van der Waals surface area contributed by atoms with E-state index in [-0.39, 0.29) is 16.7 Å². The third kappa shape index (κ3) is 4.72. The highest BCUT2D eigenvalue weighted by Crippen LogP contribution is 2.35. The molecule has 0 bridgehead atoms. The van der Waals surface area contributed by atoms with Crippen molar-refractivity contribution in [3.05, 3.63) is 52.7 Å². The molecule has 0 aliphatic rings. The van der Waals surface area contributed by atoms with Crippen molar-refractivity contribution in [2.75, 3.05) is 14.2 Å². The molecule has 0 aliphatic heterocycles. The third-order valence-corrected chi connectivity index (χ3v) is 3.54. The molecule has 130 valence electrons. The van der Waals surface area contributed by atoms with Gasteiger partial charge in [0.2, 0.25) is 0 Å². The van der Waals surface area contributed by atoms with Crippen LogP contribution in [-0.2, 0) is 19.1 Å². The molecule has 24 heavy (non-hydrogen) atoms. The van der Waals surface area contributed by atoms with Crippen LogP contribution in [-0.4, -0.2) is 26.2 Å². The first-order valence-electron chi connectivity index (χ1n) is 7.57. The van der Waals surface area contributed by atoms with Crippen LogP contribution in [0.1, 0.15) is 31.9 Å². The van der Waals surface area contributed by atoms with Crippen LogP contribution in [0.2, 0.25) is 0 Å². The molecule has 0 spiro atoms. The van der Waals surface area contributed by atoms with Gasteiger partial charge in [-0.25, -0.2) is 9.59 Å². The zero-order chi connectivity index (χ0) is 18.5. The van der Waals surface area contributed by atoms with Crippen molar-refractivity contribution >= 4 is 17.5 Å². The number of nitrogens with two attached hydrogens (primary N) is 1. The molecule has 1 rings (SSSR count). The SMILES string of the molecule is COC(=O)C(C(=O)OC)=C(N)/C=C(\c1ccc(C)cc1)C(C)(C)C. The average molecular weight is 331 g/mol. The van der Waals surface area contributed by atoms with E-state index < -0.39 is 11.9 Å². The molecule has 1 aromatic rings. The Hall–Kier alpha value is -2.56. The van der Waals surface area contributed by atoms with E-state index in [9.17, 15) is 9.59 Å². The summed E-state index contributed by atoms with van der Waals surface area (Å²) >= 11 is 0. The fourth-order valence-corrected chi connectivity index (χ4v) is 2.22. The summed E-state index contributed by atoms with van der Waals surface area (Å²) in [4.78, 5) is 23.8. The van der Waals surface area contributed by atoms with Gasteiger partial charge in [-0.3, -0.25) is 0 Å². The van der Waals surface area contributed by atoms with Crippen molar-refractivity contribution in [3.63, 3.8) is 0 Å². The first kappa shape index (κ1) is 19.5. The summed E-state index contributed by atoms with van der Waals surface area (Å²) in [6.07, 6.45) is 1.63. The lowest BCUT2D eigenvalue weighted by atomic mass is 9.81. The standard InChI is InChI=1S/C19H25NO4/c1-12-7-9-13(10-8-12)14(19(2,3)4)11-15(20)16(17(21)23-5)18(22)24-6/h7-11H,20H2,1-6H3/b14-11+. The highest BCUT2D eigenvalue weighted by molar-refractivity contribution is 6.15. The molecule has 0 unspecified atom stereocenters. The predicted octanol–water partition coefficient (Wildman–Crippen LogP) is 2.98. The van der Waals surface area contributed by atoms with Gasteiger partial charge in [-0.05, 0) is 29.6 Å². The van der Waals surface area contributed by atoms with Crippen LogP contribution in [0.5, 0.6) is 0 Å². The normalized spacial score (nSPS) is 11.7. The van der Waals surface area contributed by atoms with E-state index in [1.165, 1.54) is 14.2 Å². The maximum Gasteiger partial charge on any atom is 0.347 e. The van der Waals surface area contributed by atoms with Gasteiger partial charge >= 0.3 is 11.9 Å². The molecule has 0 saturated heterocycles. The van der Waals surface area contributed by atoms with Crippen LogP contribution < -0.4 is 5.73 Å². The topological polar surface area (TPSA) is 78.6 Å². The first-order chi connectivity index (χ1) is 11.1. The second-order valence-electron chi connectivity index (χ2n) is 6.49. The fraction of sp³-hybridized carbons (Fsp3) is 0.368. The third-order valence-electron chi connectivity index (χ3n) is 3.54. The summed E-state index contributed by atoms with van der Waals surface area (Å²) in [7, 11) is 2.37. The summed E-state index contributed by atoms with van der Waals surface area (Å²) in [5, 5.41) is 0. The Morgan fingerprint density at radius 3 is 1.83 bits per heavy atom. The first-order valence-corrected chi connectivity index (χ1v) is 7.57. The summed E-state index contributed by atoms with van der Waals surface area (Å²) < 4.78 is 9.28. The second kappa shape index (κ2) is 7.81. The molecule has 0 aliphatic carbocycles. The highest BCUT2D eigenvalue weighted by Gasteiger charge is 2.25. The molecule has 1 aromatic carbocycles. The van der Waals surface area contributed by atoms with Crippen molar-refractivity contribution in [3.8, 4) is 0 Å². The quantitative estimate of drug-likeness (QED) is 0.302. The van der Waals surface area contributed by atoms with E-state index in [0.29, 0.717) is 0 Å². The van der Waals surface area contributed by atoms with Gasteiger partial charge in [-0.1, -0.05) is 50.6 Å². The molecular weight excluding hydrogens is 306 g/mol. The van der Waals surface area contributed by atoms with E-state index in [0.717, 1.165) is 16.7 Å². The van der Waals surface area contributed by atoms with Gasteiger partial charge in [0.25, 0.3) is 0 Å². The number of methoxy groups -OCH3 is 2. The Balaban J connectivity index is 3.55. The van der Waals surface area contributed by atoms with Gasteiger partial charge in [0.15, 0.2) is 5.57 Å². The monoisotopic (exact) mass is 331 g/mol. The van der Waals surface area contributed by atoms with Crippen LogP contribution >= 0.6 is 0 Å². The molecule has 0 aromatic heterocycles. The summed E-state index contributed by atoms with van der Waals surface area (Å²) in [5.41, 5.74) is 8.48. The van der Waals surface area contributed by atoms with Crippen molar-refractivity contribution in [1.82, 2.24) is 0 Å². The number of esters is 2. The number of carbonyl (C=O) groups is 2. The summed E-state index contributed by atoms with van der Waals surface area (Å²) in [6.45, 7) is 8.09. The molecule has 0 saturated carbocycles. The van der Waals surface area contributed by atoms with Crippen LogP contribution in [0.15, 0.2) is 41.6 Å². The number of rotatable bonds is 4. The van der Waals surface area contributed by atoms with Gasteiger partial charge < -0.3 is 15.2 Å². The minimum Gasteiger partial charge on any atom is -0.465 e. The maximum atomic E-state index is 11.9. The van der Waals surface area contributed by atoms with Crippen molar-refractivity contribution in [1.29, 1.82) is 0 Å². The number of allylic oxidation sites excluding steroid dienone is 2. The lowest BCUT2D eigenvalue weighted by molar-refractivity contribution is -0.144. The summed E-state index contributed by atoms with van der Waals surface area (Å²) in [6, 6.07) is 7.96. The van der Waals surface area contributed by atoms with E-state index >= 15 is 0 Å². The second-order valence-corrected chi connectivity index (χ2v) is 6.49. The molecule has 0 radical (unpaired) electrons. The molecular formula is C19H25NO4. The van der Waals surface area contributed by atoms with Gasteiger partial charge in [0.05, 0.1) is 19.9 Å². The number of hydrogen-bond donors (Lipinski definition) is 1. The fourth-order valence-electron chi connectivity index (χ4n) is 2.22. The van der Waals surface area contributed by atoms with Crippen molar-refractivity contribution in [2.45, 2.75) is 27.7 Å². The van der Waals surface area contributed by atoms with Crippen molar-refractivity contribution < 1.29 is 19.1 Å². The number of hydrogen-bond acceptors (Lipinski definition) is 5. The lowest BCUT2D eigenvalue weighted by Gasteiger charge is -2.24. The van der Waals surface area contributed by atoms with Gasteiger partial charge in [0, 0.05) is 0 Å². The predicted molar refractivity (Wildman–Crippen MR) is 93.9 cm³/mol. The van der Waals surface area contributed by atoms with Crippen molar-refractivity contribution in [2.24, 2.45) is 11.1 Å². The largest absolute Gasteiger partial charge is 0.465 e. The van der Waals surface area contributed by atoms with Crippen LogP contribution in [0.3, 0.4) is 0 Å². The van der Waals surface area contributed by atoms with Crippen LogP contribution in [0, 0.1) is 12.3 Å². The highest BCUT2D eigenvalue weighted by atomic mass is 16.5. The Morgan fingerprint density at radius 1 is 1.00 bits per heavy atom.